The number of alkyl carbamates (subject to hydrolysis) is 2. The zero-order valence-electron chi connectivity index (χ0n) is 44.3. The minimum atomic E-state index is -1.07. The Balaban J connectivity index is 3.41. The predicted octanol–water partition coefficient (Wildman–Crippen LogP) is 10.0. The Morgan fingerprint density at radius 3 is 1.36 bits per heavy atom. The van der Waals surface area contributed by atoms with Gasteiger partial charge >= 0.3 is 36.6 Å². The molecule has 0 saturated carbocycles. The van der Waals surface area contributed by atoms with E-state index in [1.165, 1.54) is 0 Å². The Bertz CT molecular complexity index is 1960. The Kier molecular flexibility index (Phi) is 22.9. The predicted molar refractivity (Wildman–Crippen MR) is 262 cm³/mol. The monoisotopic (exact) mass is 977 g/mol. The molecule has 21 heteroatoms. The fourth-order valence-electron chi connectivity index (χ4n) is 5.26. The Morgan fingerprint density at radius 1 is 0.507 bits per heavy atom. The molecule has 0 spiro atoms. The lowest BCUT2D eigenvalue weighted by Gasteiger charge is -2.34. The fourth-order valence-corrected chi connectivity index (χ4v) is 5.26. The van der Waals surface area contributed by atoms with E-state index in [-0.39, 0.29) is 50.4 Å². The highest BCUT2D eigenvalue weighted by atomic mass is 16.6. The van der Waals surface area contributed by atoms with Gasteiger partial charge in [-0.15, -0.1) is 9.98 Å². The van der Waals surface area contributed by atoms with Gasteiger partial charge in [-0.3, -0.25) is 16.0 Å². The number of amides is 6. The first-order valence-electron chi connectivity index (χ1n) is 23.0. The lowest BCUT2D eigenvalue weighted by atomic mass is 10.2. The number of carbonyl (C=O) groups is 6. The molecule has 390 valence electrons. The minimum absolute atomic E-state index is 0.0456. The van der Waals surface area contributed by atoms with Gasteiger partial charge in [0, 0.05) is 25.2 Å². The molecule has 0 bridgehead atoms. The number of hydrogen-bond acceptors (Lipinski definition) is 14. The summed E-state index contributed by atoms with van der Waals surface area (Å²) in [5.41, 5.74) is -4.95. The molecule has 0 heterocycles. The largest absolute Gasteiger partial charge is 0.494 e. The van der Waals surface area contributed by atoms with Gasteiger partial charge in [-0.05, 0) is 168 Å². The first-order valence-corrected chi connectivity index (χ1v) is 23.0. The topological polar surface area (TPSA) is 258 Å². The molecular weight excluding hydrogens is 897 g/mol. The van der Waals surface area contributed by atoms with Crippen LogP contribution in [0.25, 0.3) is 0 Å². The van der Waals surface area contributed by atoms with Crippen molar-refractivity contribution in [2.45, 2.75) is 190 Å². The molecule has 0 aliphatic carbocycles. The normalized spacial score (nSPS) is 12.7. The van der Waals surface area contributed by atoms with Gasteiger partial charge in [0.1, 0.15) is 45.2 Å². The molecule has 0 fully saturated rings. The average Bonchev–Trinajstić information content (AvgIpc) is 3.10. The Labute approximate surface area is 408 Å². The Morgan fingerprint density at radius 2 is 0.913 bits per heavy atom. The van der Waals surface area contributed by atoms with Crippen LogP contribution in [0.15, 0.2) is 34.3 Å². The number of unbranched alkanes of at least 4 members (excludes halogenated alkanes) is 3. The molecule has 6 amide bonds. The van der Waals surface area contributed by atoms with Crippen LogP contribution in [0.2, 0.25) is 0 Å². The standard InChI is InChI=1S/C48H80N8O13/c1-43(2,3)64-37(57)51-34(49)32-24-26-33(27-25-32)63-31-23-30-56(42(62)69-48(16,17)18)36(54-40(60)67-46(10,11)12)55(41(61)68-47(13,14)15)29-22-20-19-21-28-50-35(52-38(58)65-44(4,5)6)53-39(59)66-45(7,8)9/h24-27H,19-23,28-31H2,1-18H3,(H2,49,51,57)(H2,50,52,53,58,59)/b54-36-. The van der Waals surface area contributed by atoms with Gasteiger partial charge in [-0.25, -0.2) is 38.6 Å². The van der Waals surface area contributed by atoms with E-state index in [1.54, 1.807) is 149 Å². The summed E-state index contributed by atoms with van der Waals surface area (Å²) in [5.74, 6) is -0.288. The summed E-state index contributed by atoms with van der Waals surface area (Å²) in [5, 5.41) is 16.0. The minimum Gasteiger partial charge on any atom is -0.494 e. The molecule has 1 rings (SSSR count). The molecular formula is C48H80N8O13. The summed E-state index contributed by atoms with van der Waals surface area (Å²) in [6.07, 6.45) is -3.25. The van der Waals surface area contributed by atoms with Gasteiger partial charge < -0.3 is 38.5 Å². The second-order valence-corrected chi connectivity index (χ2v) is 21.8. The van der Waals surface area contributed by atoms with E-state index in [4.69, 9.17) is 38.6 Å². The van der Waals surface area contributed by atoms with Gasteiger partial charge in [0.25, 0.3) is 0 Å². The summed E-state index contributed by atoms with van der Waals surface area (Å²) >= 11 is 0. The molecule has 0 unspecified atom stereocenters. The second kappa shape index (κ2) is 26.0. The summed E-state index contributed by atoms with van der Waals surface area (Å²) in [6, 6.07) is 6.40. The van der Waals surface area contributed by atoms with Crippen LogP contribution >= 0.6 is 0 Å². The van der Waals surface area contributed by atoms with Crippen molar-refractivity contribution in [3.63, 3.8) is 0 Å². The van der Waals surface area contributed by atoms with Crippen LogP contribution < -0.4 is 20.7 Å². The molecule has 1 aromatic rings. The molecule has 0 radical (unpaired) electrons. The lowest BCUT2D eigenvalue weighted by Crippen LogP contribution is -2.53. The molecule has 0 aromatic heterocycles. The number of ether oxygens (including phenoxy) is 7. The van der Waals surface area contributed by atoms with Crippen molar-refractivity contribution >= 4 is 54.3 Å². The average molecular weight is 977 g/mol. The van der Waals surface area contributed by atoms with E-state index < -0.39 is 70.2 Å². The maximum Gasteiger partial charge on any atom is 0.437 e. The van der Waals surface area contributed by atoms with Crippen molar-refractivity contribution in [2.75, 3.05) is 26.2 Å². The maximum absolute atomic E-state index is 14.1. The number of hydrogen-bond donors (Lipinski definition) is 4. The van der Waals surface area contributed by atoms with Crippen LogP contribution in [0.5, 0.6) is 5.75 Å². The van der Waals surface area contributed by atoms with E-state index in [0.29, 0.717) is 37.0 Å². The zero-order valence-corrected chi connectivity index (χ0v) is 44.3. The van der Waals surface area contributed by atoms with Crippen molar-refractivity contribution in [1.29, 1.82) is 5.41 Å². The number of carbonyl (C=O) groups excluding carboxylic acids is 6. The smallest absolute Gasteiger partial charge is 0.437 e. The van der Waals surface area contributed by atoms with Crippen molar-refractivity contribution in [3.05, 3.63) is 29.8 Å². The van der Waals surface area contributed by atoms with Crippen molar-refractivity contribution < 1.29 is 61.9 Å². The molecule has 21 nitrogen and oxygen atoms in total. The van der Waals surface area contributed by atoms with Crippen LogP contribution in [0.3, 0.4) is 0 Å². The molecule has 0 aliphatic heterocycles. The van der Waals surface area contributed by atoms with E-state index in [0.717, 1.165) is 9.80 Å². The molecule has 0 atom stereocenters. The van der Waals surface area contributed by atoms with Gasteiger partial charge in [0.15, 0.2) is 0 Å². The summed E-state index contributed by atoms with van der Waals surface area (Å²) < 4.78 is 38.9. The summed E-state index contributed by atoms with van der Waals surface area (Å²) in [4.78, 5) is 89.1. The summed E-state index contributed by atoms with van der Waals surface area (Å²) in [6.45, 7) is 30.4. The van der Waals surface area contributed by atoms with Gasteiger partial charge in [-0.2, -0.15) is 0 Å². The van der Waals surface area contributed by atoms with Crippen LogP contribution in [0.1, 0.15) is 162 Å². The van der Waals surface area contributed by atoms with Crippen molar-refractivity contribution in [2.24, 2.45) is 9.98 Å². The van der Waals surface area contributed by atoms with Crippen LogP contribution in [0, 0.1) is 5.41 Å². The third-order valence-electron chi connectivity index (χ3n) is 7.68. The van der Waals surface area contributed by atoms with E-state index >= 15 is 0 Å². The number of nitrogens with one attached hydrogen (secondary N) is 4. The first kappa shape index (κ1) is 60.9. The molecule has 69 heavy (non-hydrogen) atoms. The van der Waals surface area contributed by atoms with Crippen molar-refractivity contribution in [3.8, 4) is 5.75 Å². The van der Waals surface area contributed by atoms with Crippen LogP contribution in [-0.4, -0.2) is 124 Å². The summed E-state index contributed by atoms with van der Waals surface area (Å²) in [7, 11) is 0. The molecule has 0 saturated heterocycles. The van der Waals surface area contributed by atoms with Gasteiger partial charge in [-0.1, -0.05) is 12.8 Å². The number of amidine groups is 1. The van der Waals surface area contributed by atoms with Gasteiger partial charge in [0.2, 0.25) is 11.9 Å². The second-order valence-electron chi connectivity index (χ2n) is 21.8. The molecule has 0 aliphatic rings. The van der Waals surface area contributed by atoms with Crippen LogP contribution in [-0.2, 0) is 28.4 Å². The van der Waals surface area contributed by atoms with Gasteiger partial charge in [0.05, 0.1) is 6.61 Å². The van der Waals surface area contributed by atoms with Crippen LogP contribution in [0.4, 0.5) is 28.8 Å². The number of aliphatic imine (C=N–C) groups is 2. The SMILES string of the molecule is CC(C)(C)OC(=O)/N=C(/NCCCCCCN(C(=O)OC(C)(C)C)/C(=N/C(=O)OC(C)(C)C)N(CCCOc1ccc(C(=N)NC(=O)OC(C)(C)C)cc1)C(=O)OC(C)(C)C)NC(=O)OC(C)(C)C. The highest BCUT2D eigenvalue weighted by Gasteiger charge is 2.35. The van der Waals surface area contributed by atoms with E-state index in [1.807, 2.05) is 0 Å². The highest BCUT2D eigenvalue weighted by Crippen LogP contribution is 2.20. The number of guanidine groups is 2. The highest BCUT2D eigenvalue weighted by molar-refractivity contribution is 6.05. The number of nitrogens with zero attached hydrogens (tertiary/aromatic N) is 4. The maximum atomic E-state index is 14.1. The third-order valence-corrected chi connectivity index (χ3v) is 7.68. The first-order chi connectivity index (χ1) is 31.3. The zero-order chi connectivity index (χ0) is 53.2. The Hall–Kier alpha value is -6.15. The van der Waals surface area contributed by atoms with E-state index in [2.05, 4.69) is 25.9 Å². The number of benzene rings is 1. The quantitative estimate of drug-likeness (QED) is 0.0621. The third kappa shape index (κ3) is 29.4. The number of rotatable bonds is 13. The van der Waals surface area contributed by atoms with Crippen molar-refractivity contribution in [1.82, 2.24) is 25.8 Å². The fraction of sp³-hybridized carbons (Fsp3) is 0.688. The van der Waals surface area contributed by atoms with E-state index in [9.17, 15) is 28.8 Å². The molecule has 4 N–H and O–H groups in total. The lowest BCUT2D eigenvalue weighted by molar-refractivity contribution is 0.0267. The molecule has 1 aromatic carbocycles.